The molecule has 28 heavy (non-hydrogen) atoms. The van der Waals surface area contributed by atoms with E-state index >= 15 is 0 Å². The van der Waals surface area contributed by atoms with Crippen molar-refractivity contribution in [2.24, 2.45) is 0 Å². The summed E-state index contributed by atoms with van der Waals surface area (Å²) < 4.78 is 4.89. The van der Waals surface area contributed by atoms with Crippen molar-refractivity contribution in [3.05, 3.63) is 65.0 Å². The number of amides is 1. The molecule has 2 aromatic carbocycles. The first-order valence-corrected chi connectivity index (χ1v) is 9.09. The molecule has 1 aliphatic rings. The van der Waals surface area contributed by atoms with E-state index in [-0.39, 0.29) is 11.9 Å². The van der Waals surface area contributed by atoms with Crippen LogP contribution in [0.15, 0.2) is 42.6 Å². The number of carbonyl (C=O) groups is 2. The van der Waals surface area contributed by atoms with Crippen LogP contribution in [-0.2, 0) is 17.7 Å². The highest BCUT2D eigenvalue weighted by Crippen LogP contribution is 2.31. The van der Waals surface area contributed by atoms with Crippen LogP contribution in [0.4, 0.5) is 0 Å². The SMILES string of the molecule is COC(=O)c1cccc2c3c([nH]c12)CCN(C(=O)c1cccc2cn[nH]c12)C3. The van der Waals surface area contributed by atoms with Gasteiger partial charge in [-0.3, -0.25) is 9.89 Å². The maximum absolute atomic E-state index is 13.2. The Morgan fingerprint density at radius 1 is 1.11 bits per heavy atom. The number of methoxy groups -OCH3 is 1. The Bertz CT molecular complexity index is 1240. The molecule has 2 aromatic heterocycles. The lowest BCUT2D eigenvalue weighted by atomic mass is 10.0. The number of para-hydroxylation sites is 2. The minimum absolute atomic E-state index is 0.0287. The number of H-pyrrole nitrogens is 2. The molecule has 0 atom stereocenters. The van der Waals surface area contributed by atoms with Crippen LogP contribution in [0, 0.1) is 0 Å². The van der Waals surface area contributed by atoms with Crippen LogP contribution in [0.1, 0.15) is 32.0 Å². The van der Waals surface area contributed by atoms with Crippen molar-refractivity contribution in [3.63, 3.8) is 0 Å². The van der Waals surface area contributed by atoms with Gasteiger partial charge < -0.3 is 14.6 Å². The molecule has 0 radical (unpaired) electrons. The highest BCUT2D eigenvalue weighted by atomic mass is 16.5. The molecule has 0 saturated carbocycles. The molecule has 2 N–H and O–H groups in total. The largest absolute Gasteiger partial charge is 0.465 e. The second-order valence-electron chi connectivity index (χ2n) is 6.92. The average molecular weight is 374 g/mol. The standard InChI is InChI=1S/C21H18N4O3/c1-28-21(27)15-7-3-5-13-16-11-25(9-8-17(16)23-19(13)15)20(26)14-6-2-4-12-10-22-24-18(12)14/h2-7,10,23H,8-9,11H2,1H3,(H,22,24). The summed E-state index contributed by atoms with van der Waals surface area (Å²) in [5.74, 6) is -0.401. The van der Waals surface area contributed by atoms with Gasteiger partial charge in [0.25, 0.3) is 5.91 Å². The molecule has 0 bridgehead atoms. The minimum atomic E-state index is -0.372. The Balaban J connectivity index is 1.54. The number of nitrogens with zero attached hydrogens (tertiary/aromatic N) is 2. The molecule has 4 aromatic rings. The summed E-state index contributed by atoms with van der Waals surface area (Å²) in [4.78, 5) is 30.5. The number of aromatic amines is 2. The normalized spacial score (nSPS) is 13.7. The summed E-state index contributed by atoms with van der Waals surface area (Å²) in [7, 11) is 1.38. The van der Waals surface area contributed by atoms with E-state index in [1.54, 1.807) is 12.3 Å². The van der Waals surface area contributed by atoms with Gasteiger partial charge in [-0.2, -0.15) is 5.10 Å². The molecule has 0 fully saturated rings. The molecule has 1 aliphatic heterocycles. The van der Waals surface area contributed by atoms with Gasteiger partial charge in [-0.25, -0.2) is 4.79 Å². The number of benzene rings is 2. The van der Waals surface area contributed by atoms with Crippen molar-refractivity contribution in [2.75, 3.05) is 13.7 Å². The van der Waals surface area contributed by atoms with E-state index in [9.17, 15) is 9.59 Å². The summed E-state index contributed by atoms with van der Waals surface area (Å²) in [6.07, 6.45) is 2.42. The second-order valence-corrected chi connectivity index (χ2v) is 6.92. The van der Waals surface area contributed by atoms with Crippen molar-refractivity contribution in [2.45, 2.75) is 13.0 Å². The zero-order chi connectivity index (χ0) is 19.3. The predicted molar refractivity (Wildman–Crippen MR) is 104 cm³/mol. The van der Waals surface area contributed by atoms with Crippen molar-refractivity contribution in [1.82, 2.24) is 20.1 Å². The van der Waals surface area contributed by atoms with E-state index < -0.39 is 0 Å². The lowest BCUT2D eigenvalue weighted by molar-refractivity contribution is 0.0602. The fourth-order valence-corrected chi connectivity index (χ4v) is 4.01. The molecular formula is C21H18N4O3. The molecule has 7 heteroatoms. The summed E-state index contributed by atoms with van der Waals surface area (Å²) in [6, 6.07) is 11.2. The molecule has 0 spiro atoms. The van der Waals surface area contributed by atoms with Gasteiger partial charge in [-0.05, 0) is 12.1 Å². The maximum Gasteiger partial charge on any atom is 0.339 e. The van der Waals surface area contributed by atoms with Crippen LogP contribution in [-0.4, -0.2) is 45.6 Å². The summed E-state index contributed by atoms with van der Waals surface area (Å²) >= 11 is 0. The Morgan fingerprint density at radius 2 is 1.93 bits per heavy atom. The molecule has 3 heterocycles. The van der Waals surface area contributed by atoms with E-state index in [1.165, 1.54) is 7.11 Å². The van der Waals surface area contributed by atoms with Crippen molar-refractivity contribution >= 4 is 33.7 Å². The third-order valence-electron chi connectivity index (χ3n) is 5.41. The summed E-state index contributed by atoms with van der Waals surface area (Å²) in [5, 5.41) is 8.84. The van der Waals surface area contributed by atoms with Crippen molar-refractivity contribution in [1.29, 1.82) is 0 Å². The van der Waals surface area contributed by atoms with Crippen LogP contribution in [0.5, 0.6) is 0 Å². The van der Waals surface area contributed by atoms with Gasteiger partial charge in [0.15, 0.2) is 0 Å². The third-order valence-corrected chi connectivity index (χ3v) is 5.41. The monoisotopic (exact) mass is 374 g/mol. The van der Waals surface area contributed by atoms with E-state index in [4.69, 9.17) is 4.74 Å². The minimum Gasteiger partial charge on any atom is -0.465 e. The Labute approximate surface area is 160 Å². The number of hydrogen-bond donors (Lipinski definition) is 2. The van der Waals surface area contributed by atoms with Gasteiger partial charge in [0.05, 0.1) is 35.5 Å². The van der Waals surface area contributed by atoms with Crippen LogP contribution in [0.2, 0.25) is 0 Å². The number of nitrogens with one attached hydrogen (secondary N) is 2. The molecule has 5 rings (SSSR count). The summed E-state index contributed by atoms with van der Waals surface area (Å²) in [6.45, 7) is 1.10. The average Bonchev–Trinajstić information content (AvgIpc) is 3.36. The van der Waals surface area contributed by atoms with Gasteiger partial charge in [-0.1, -0.05) is 24.3 Å². The van der Waals surface area contributed by atoms with Gasteiger partial charge in [-0.15, -0.1) is 0 Å². The maximum atomic E-state index is 13.2. The molecular weight excluding hydrogens is 356 g/mol. The zero-order valence-electron chi connectivity index (χ0n) is 15.3. The number of carbonyl (C=O) groups excluding carboxylic acids is 2. The topological polar surface area (TPSA) is 91.1 Å². The highest BCUT2D eigenvalue weighted by Gasteiger charge is 2.27. The fraction of sp³-hybridized carbons (Fsp3) is 0.190. The summed E-state index contributed by atoms with van der Waals surface area (Å²) in [5.41, 5.74) is 4.77. The van der Waals surface area contributed by atoms with Crippen LogP contribution < -0.4 is 0 Å². The molecule has 1 amide bonds. The molecule has 7 nitrogen and oxygen atoms in total. The van der Waals surface area contributed by atoms with E-state index in [0.29, 0.717) is 30.6 Å². The van der Waals surface area contributed by atoms with Crippen LogP contribution >= 0.6 is 0 Å². The number of hydrogen-bond acceptors (Lipinski definition) is 4. The number of rotatable bonds is 2. The second kappa shape index (κ2) is 6.23. The first kappa shape index (κ1) is 16.6. The number of esters is 1. The number of ether oxygens (including phenoxy) is 1. The van der Waals surface area contributed by atoms with Crippen molar-refractivity contribution < 1.29 is 14.3 Å². The first-order valence-electron chi connectivity index (χ1n) is 9.09. The molecule has 0 unspecified atom stereocenters. The first-order chi connectivity index (χ1) is 13.7. The Kier molecular flexibility index (Phi) is 3.68. The van der Waals surface area contributed by atoms with Crippen molar-refractivity contribution in [3.8, 4) is 0 Å². The lowest BCUT2D eigenvalue weighted by Gasteiger charge is -2.27. The highest BCUT2D eigenvalue weighted by molar-refractivity contribution is 6.06. The Morgan fingerprint density at radius 3 is 2.79 bits per heavy atom. The third kappa shape index (κ3) is 2.40. The van der Waals surface area contributed by atoms with E-state index in [0.717, 1.165) is 33.1 Å². The van der Waals surface area contributed by atoms with Gasteiger partial charge in [0.1, 0.15) is 0 Å². The molecule has 0 aliphatic carbocycles. The van der Waals surface area contributed by atoms with Gasteiger partial charge in [0, 0.05) is 41.5 Å². The lowest BCUT2D eigenvalue weighted by Crippen LogP contribution is -2.35. The predicted octanol–water partition coefficient (Wildman–Crippen LogP) is 3.03. The Hall–Kier alpha value is -3.61. The van der Waals surface area contributed by atoms with E-state index in [2.05, 4.69) is 15.2 Å². The zero-order valence-corrected chi connectivity index (χ0v) is 15.3. The van der Waals surface area contributed by atoms with Crippen LogP contribution in [0.3, 0.4) is 0 Å². The van der Waals surface area contributed by atoms with Gasteiger partial charge in [0.2, 0.25) is 0 Å². The smallest absolute Gasteiger partial charge is 0.339 e. The van der Waals surface area contributed by atoms with E-state index in [1.807, 2.05) is 35.2 Å². The molecule has 140 valence electrons. The van der Waals surface area contributed by atoms with Crippen LogP contribution in [0.25, 0.3) is 21.8 Å². The fourth-order valence-electron chi connectivity index (χ4n) is 4.01. The number of fused-ring (bicyclic) bond motifs is 4. The van der Waals surface area contributed by atoms with Gasteiger partial charge >= 0.3 is 5.97 Å². The molecule has 0 saturated heterocycles. The quantitative estimate of drug-likeness (QED) is 0.528. The number of aromatic nitrogens is 3.